The van der Waals surface area contributed by atoms with Crippen LogP contribution in [0.15, 0.2) is 158 Å². The van der Waals surface area contributed by atoms with Crippen LogP contribution in [0.1, 0.15) is 51.6 Å². The predicted molar refractivity (Wildman–Crippen MR) is 195 cm³/mol. The van der Waals surface area contributed by atoms with Crippen LogP contribution in [0, 0.1) is 5.82 Å². The fourth-order valence-corrected chi connectivity index (χ4v) is 7.20. The highest BCUT2D eigenvalue weighted by Gasteiger charge is 2.38. The number of aryl methyl sites for hydroxylation is 1. The van der Waals surface area contributed by atoms with E-state index in [9.17, 15) is 4.39 Å². The first kappa shape index (κ1) is 31.2. The van der Waals surface area contributed by atoms with Crippen molar-refractivity contribution in [2.75, 3.05) is 0 Å². The zero-order chi connectivity index (χ0) is 33.8. The van der Waals surface area contributed by atoms with Gasteiger partial charge in [0, 0.05) is 42.7 Å². The molecule has 7 heteroatoms. The maximum atomic E-state index is 13.7. The fraction of sp³-hybridized carbons (Fsp3) is 0.140. The lowest BCUT2D eigenvalue weighted by molar-refractivity contribution is 0.513. The molecule has 0 bridgehead atoms. The van der Waals surface area contributed by atoms with E-state index in [1.165, 1.54) is 23.1 Å². The second-order valence-electron chi connectivity index (χ2n) is 12.7. The van der Waals surface area contributed by atoms with Gasteiger partial charge in [-0.1, -0.05) is 121 Å². The van der Waals surface area contributed by atoms with Crippen LogP contribution < -0.4 is 0 Å². The van der Waals surface area contributed by atoms with Crippen LogP contribution in [-0.2, 0) is 31.3 Å². The first-order valence-corrected chi connectivity index (χ1v) is 17.1. The van der Waals surface area contributed by atoms with Gasteiger partial charge in [-0.3, -0.25) is 0 Å². The van der Waals surface area contributed by atoms with E-state index in [4.69, 9.17) is 4.98 Å². The van der Waals surface area contributed by atoms with Gasteiger partial charge in [0.15, 0.2) is 0 Å². The molecule has 246 valence electrons. The Labute approximate surface area is 290 Å². The summed E-state index contributed by atoms with van der Waals surface area (Å²) in [5.41, 5.74) is 7.20. The number of halogens is 1. The highest BCUT2D eigenvalue weighted by Crippen LogP contribution is 2.40. The molecule has 0 saturated heterocycles. The number of nitrogens with zero attached hydrogens (tertiary/aromatic N) is 5. The minimum atomic E-state index is -0.599. The van der Waals surface area contributed by atoms with E-state index in [1.807, 2.05) is 24.5 Å². The third kappa shape index (κ3) is 6.03. The maximum absolute atomic E-state index is 13.7. The zero-order valence-corrected chi connectivity index (χ0v) is 27.7. The first-order chi connectivity index (χ1) is 24.7. The van der Waals surface area contributed by atoms with Crippen molar-refractivity contribution in [1.29, 1.82) is 0 Å². The third-order valence-electron chi connectivity index (χ3n) is 9.62. The Morgan fingerprint density at radius 3 is 1.86 bits per heavy atom. The molecule has 0 spiro atoms. The second-order valence-corrected chi connectivity index (χ2v) is 12.7. The van der Waals surface area contributed by atoms with Crippen molar-refractivity contribution in [3.8, 4) is 0 Å². The van der Waals surface area contributed by atoms with Crippen molar-refractivity contribution in [3.63, 3.8) is 0 Å². The second kappa shape index (κ2) is 13.8. The van der Waals surface area contributed by atoms with Gasteiger partial charge in [0.25, 0.3) is 0 Å². The van der Waals surface area contributed by atoms with Crippen molar-refractivity contribution in [2.24, 2.45) is 0 Å². The van der Waals surface area contributed by atoms with E-state index in [2.05, 4.69) is 146 Å². The number of para-hydroxylation sites is 1. The van der Waals surface area contributed by atoms with Gasteiger partial charge < -0.3 is 14.1 Å². The number of nitrogens with one attached hydrogen (secondary N) is 1. The van der Waals surface area contributed by atoms with E-state index in [0.29, 0.717) is 12.8 Å². The summed E-state index contributed by atoms with van der Waals surface area (Å²) >= 11 is 0. The van der Waals surface area contributed by atoms with Crippen LogP contribution in [0.5, 0.6) is 0 Å². The largest absolute Gasteiger partial charge is 0.361 e. The van der Waals surface area contributed by atoms with Gasteiger partial charge in [-0.25, -0.2) is 9.37 Å². The molecular weight excluding hydrogens is 620 g/mol. The Balaban J connectivity index is 1.10. The number of imidazole rings is 1. The smallest absolute Gasteiger partial charge is 0.137 e. The number of aromatic nitrogens is 6. The molecule has 1 N–H and O–H groups in total. The molecule has 3 heterocycles. The minimum Gasteiger partial charge on any atom is -0.361 e. The number of hydrogen-bond acceptors (Lipinski definition) is 3. The zero-order valence-electron chi connectivity index (χ0n) is 27.7. The van der Waals surface area contributed by atoms with Crippen LogP contribution in [-0.4, -0.2) is 29.3 Å². The highest BCUT2D eigenvalue weighted by atomic mass is 19.1. The molecule has 50 heavy (non-hydrogen) atoms. The van der Waals surface area contributed by atoms with Gasteiger partial charge >= 0.3 is 0 Å². The normalized spacial score (nSPS) is 11.7. The molecule has 0 saturated carbocycles. The molecule has 0 unspecified atom stereocenters. The number of aromatic amines is 1. The Morgan fingerprint density at radius 1 is 0.640 bits per heavy atom. The predicted octanol–water partition coefficient (Wildman–Crippen LogP) is 8.75. The number of hydrogen-bond donors (Lipinski definition) is 1. The molecule has 3 aromatic heterocycles. The molecule has 0 amide bonds. The Kier molecular flexibility index (Phi) is 8.61. The minimum absolute atomic E-state index is 0.245. The van der Waals surface area contributed by atoms with Crippen molar-refractivity contribution in [2.45, 2.75) is 37.8 Å². The first-order valence-electron chi connectivity index (χ1n) is 17.1. The highest BCUT2D eigenvalue weighted by molar-refractivity contribution is 5.83. The molecule has 8 rings (SSSR count). The van der Waals surface area contributed by atoms with E-state index >= 15 is 0 Å². The summed E-state index contributed by atoms with van der Waals surface area (Å²) in [5.74, 6) is 1.53. The Hall–Kier alpha value is -6.08. The van der Waals surface area contributed by atoms with Gasteiger partial charge in [-0.2, -0.15) is 0 Å². The van der Waals surface area contributed by atoms with Crippen molar-refractivity contribution >= 4 is 10.9 Å². The summed E-state index contributed by atoms with van der Waals surface area (Å²) in [6.45, 7) is 0.731. The van der Waals surface area contributed by atoms with Gasteiger partial charge in [0.2, 0.25) is 0 Å². The van der Waals surface area contributed by atoms with E-state index < -0.39 is 5.54 Å². The topological polar surface area (TPSA) is 64.3 Å². The standard InChI is InChI=1S/C43H37FN6/c44-37-24-22-32(23-25-37)27-41-47-48-42(28-33-29-45-40-21-11-10-20-39(33)40)50(41)26-12-19-38-30-49(31-46-38)43(34-13-4-1-5-14-34,35-15-6-2-7-16-35)36-17-8-3-9-18-36/h1-11,13-18,20-25,29-31,45H,12,19,26-28H2. The van der Waals surface area contributed by atoms with Crippen LogP contribution in [0.25, 0.3) is 10.9 Å². The van der Waals surface area contributed by atoms with E-state index in [1.54, 1.807) is 0 Å². The molecule has 8 aromatic rings. The molecule has 0 atom stereocenters. The molecular formula is C43H37FN6. The average molecular weight is 657 g/mol. The number of rotatable bonds is 12. The Bertz CT molecular complexity index is 2210. The van der Waals surface area contributed by atoms with Gasteiger partial charge in [-0.05, 0) is 58.9 Å². The lowest BCUT2D eigenvalue weighted by atomic mass is 9.77. The number of H-pyrrole nitrogens is 1. The van der Waals surface area contributed by atoms with E-state index in [0.717, 1.165) is 64.5 Å². The molecule has 0 aliphatic rings. The summed E-state index contributed by atoms with van der Waals surface area (Å²) in [6.07, 6.45) is 9.10. The van der Waals surface area contributed by atoms with Crippen LogP contribution >= 0.6 is 0 Å². The fourth-order valence-electron chi connectivity index (χ4n) is 7.20. The summed E-state index contributed by atoms with van der Waals surface area (Å²) in [5, 5.41) is 10.5. The third-order valence-corrected chi connectivity index (χ3v) is 9.62. The van der Waals surface area contributed by atoms with Gasteiger partial charge in [-0.15, -0.1) is 10.2 Å². The van der Waals surface area contributed by atoms with Crippen molar-refractivity contribution in [1.82, 2.24) is 29.3 Å². The SMILES string of the molecule is Fc1ccc(Cc2nnc(Cc3c[nH]c4ccccc34)n2CCCc2cn(C(c3ccccc3)(c3ccccc3)c3ccccc3)cn2)cc1. The molecule has 0 fully saturated rings. The number of benzene rings is 5. The average Bonchev–Trinajstić information content (AvgIpc) is 3.91. The maximum Gasteiger partial charge on any atom is 0.137 e. The summed E-state index contributed by atoms with van der Waals surface area (Å²) < 4.78 is 18.2. The van der Waals surface area contributed by atoms with Crippen molar-refractivity contribution in [3.05, 3.63) is 209 Å². The van der Waals surface area contributed by atoms with E-state index in [-0.39, 0.29) is 5.82 Å². The van der Waals surface area contributed by atoms with Gasteiger partial charge in [0.1, 0.15) is 23.0 Å². The van der Waals surface area contributed by atoms with Crippen molar-refractivity contribution < 1.29 is 4.39 Å². The molecule has 5 aromatic carbocycles. The molecule has 0 radical (unpaired) electrons. The van der Waals surface area contributed by atoms with Crippen LogP contribution in [0.2, 0.25) is 0 Å². The van der Waals surface area contributed by atoms with Crippen LogP contribution in [0.3, 0.4) is 0 Å². The Morgan fingerprint density at radius 2 is 1.22 bits per heavy atom. The van der Waals surface area contributed by atoms with Gasteiger partial charge in [0.05, 0.1) is 12.0 Å². The summed E-state index contributed by atoms with van der Waals surface area (Å²) in [4.78, 5) is 8.37. The summed E-state index contributed by atoms with van der Waals surface area (Å²) in [7, 11) is 0. The molecule has 6 nitrogen and oxygen atoms in total. The summed E-state index contributed by atoms with van der Waals surface area (Å²) in [6, 6.07) is 46.9. The molecule has 0 aliphatic carbocycles. The quantitative estimate of drug-likeness (QED) is 0.134. The van der Waals surface area contributed by atoms with Crippen LogP contribution in [0.4, 0.5) is 4.39 Å². The lowest BCUT2D eigenvalue weighted by Gasteiger charge is -2.37. The monoisotopic (exact) mass is 656 g/mol. The molecule has 0 aliphatic heterocycles. The lowest BCUT2D eigenvalue weighted by Crippen LogP contribution is -2.36. The number of fused-ring (bicyclic) bond motifs is 1.